The quantitative estimate of drug-likeness (QED) is 0.349. The molecule has 0 spiro atoms. The SMILES string of the molecule is CC(C)NC(=O)CCC[N+]1(C)CCc2c(sc(CC(=O)Cc3ccc(Cl)cc3)c2C(N)=O)C1.O=C(O)C(F)(F)F. The van der Waals surface area contributed by atoms with Crippen LogP contribution in [0.1, 0.15) is 57.9 Å². The first-order chi connectivity index (χ1) is 18.5. The molecule has 40 heavy (non-hydrogen) atoms. The van der Waals surface area contributed by atoms with E-state index >= 15 is 0 Å². The van der Waals surface area contributed by atoms with Crippen molar-refractivity contribution in [1.29, 1.82) is 0 Å². The van der Waals surface area contributed by atoms with Crippen LogP contribution in [0, 0.1) is 0 Å². The van der Waals surface area contributed by atoms with Crippen LogP contribution in [0.15, 0.2) is 24.3 Å². The van der Waals surface area contributed by atoms with Crippen LogP contribution in [0.25, 0.3) is 0 Å². The molecule has 2 amide bonds. The Morgan fingerprint density at radius 1 is 1.15 bits per heavy atom. The van der Waals surface area contributed by atoms with Crippen LogP contribution in [0.2, 0.25) is 5.02 Å². The summed E-state index contributed by atoms with van der Waals surface area (Å²) in [5, 5.41) is 10.7. The van der Waals surface area contributed by atoms with E-state index in [0.29, 0.717) is 23.4 Å². The number of carboxylic acids is 1. The van der Waals surface area contributed by atoms with Crippen molar-refractivity contribution >= 4 is 46.5 Å². The number of benzene rings is 1. The number of nitrogens with two attached hydrogens (primary N) is 1. The maximum absolute atomic E-state index is 12.7. The van der Waals surface area contributed by atoms with E-state index in [1.54, 1.807) is 23.5 Å². The number of primary amides is 1. The molecule has 0 fully saturated rings. The Bertz CT molecular complexity index is 1230. The molecule has 0 radical (unpaired) electrons. The van der Waals surface area contributed by atoms with Crippen LogP contribution in [0.5, 0.6) is 0 Å². The first-order valence-electron chi connectivity index (χ1n) is 12.6. The number of likely N-dealkylation sites (N-methyl/N-ethyl adjacent to an activating group) is 1. The third-order valence-electron chi connectivity index (χ3n) is 6.30. The minimum absolute atomic E-state index is 0.0480. The predicted octanol–water partition coefficient (Wildman–Crippen LogP) is 4.30. The van der Waals surface area contributed by atoms with Gasteiger partial charge in [0.15, 0.2) is 0 Å². The van der Waals surface area contributed by atoms with E-state index in [9.17, 15) is 27.6 Å². The van der Waals surface area contributed by atoms with Crippen LogP contribution in [0.3, 0.4) is 0 Å². The highest BCUT2D eigenvalue weighted by Gasteiger charge is 2.38. The van der Waals surface area contributed by atoms with Crippen LogP contribution in [-0.2, 0) is 40.2 Å². The van der Waals surface area contributed by atoms with Gasteiger partial charge in [0.05, 0.1) is 30.6 Å². The van der Waals surface area contributed by atoms with E-state index in [1.807, 2.05) is 26.0 Å². The summed E-state index contributed by atoms with van der Waals surface area (Å²) in [4.78, 5) is 47.8. The number of carbonyl (C=O) groups excluding carboxylic acids is 3. The second-order valence-corrected chi connectivity index (χ2v) is 11.9. The molecule has 2 heterocycles. The molecule has 1 atom stereocenters. The molecule has 0 saturated carbocycles. The van der Waals surface area contributed by atoms with Crippen LogP contribution in [0.4, 0.5) is 13.2 Å². The lowest BCUT2D eigenvalue weighted by Crippen LogP contribution is -2.48. The van der Waals surface area contributed by atoms with Gasteiger partial charge in [0.2, 0.25) is 11.8 Å². The van der Waals surface area contributed by atoms with Gasteiger partial charge in [-0.3, -0.25) is 14.4 Å². The van der Waals surface area contributed by atoms with Crippen molar-refractivity contribution in [2.24, 2.45) is 5.73 Å². The van der Waals surface area contributed by atoms with Crippen molar-refractivity contribution in [3.63, 3.8) is 0 Å². The maximum Gasteiger partial charge on any atom is 0.490 e. The molecule has 8 nitrogen and oxygen atoms in total. The normalized spacial score (nSPS) is 16.5. The molecule has 13 heteroatoms. The van der Waals surface area contributed by atoms with Crippen molar-refractivity contribution in [2.45, 2.75) is 64.7 Å². The van der Waals surface area contributed by atoms with Crippen molar-refractivity contribution < 1.29 is 41.9 Å². The maximum atomic E-state index is 12.7. The van der Waals surface area contributed by atoms with Gasteiger partial charge in [-0.05, 0) is 37.1 Å². The van der Waals surface area contributed by atoms with Gasteiger partial charge in [-0.2, -0.15) is 13.2 Å². The summed E-state index contributed by atoms with van der Waals surface area (Å²) < 4.78 is 32.6. The number of alkyl halides is 3. The summed E-state index contributed by atoms with van der Waals surface area (Å²) in [5.41, 5.74) is 8.19. The fourth-order valence-corrected chi connectivity index (χ4v) is 6.14. The topological polar surface area (TPSA) is 127 Å². The number of Topliss-reactive ketones (excluding diaryl/α,β-unsaturated/α-hetero) is 1. The number of aliphatic carboxylic acids is 1. The first-order valence-corrected chi connectivity index (χ1v) is 13.8. The molecule has 3 rings (SSSR count). The minimum atomic E-state index is -5.08. The number of quaternary nitrogens is 1. The Kier molecular flexibility index (Phi) is 11.7. The highest BCUT2D eigenvalue weighted by Crippen LogP contribution is 2.36. The lowest BCUT2D eigenvalue weighted by atomic mass is 9.97. The number of rotatable bonds is 10. The van der Waals surface area contributed by atoms with Gasteiger partial charge in [-0.25, -0.2) is 4.79 Å². The Labute approximate surface area is 239 Å². The van der Waals surface area contributed by atoms with Gasteiger partial charge in [0.25, 0.3) is 0 Å². The number of fused-ring (bicyclic) bond motifs is 1. The number of nitrogens with zero attached hydrogens (tertiary/aromatic N) is 1. The summed E-state index contributed by atoms with van der Waals surface area (Å²) in [7, 11) is 2.19. The third-order valence-corrected chi connectivity index (χ3v) is 7.77. The number of carbonyl (C=O) groups is 4. The zero-order valence-corrected chi connectivity index (χ0v) is 24.1. The molecule has 0 aliphatic carbocycles. The van der Waals surface area contributed by atoms with Gasteiger partial charge in [0.1, 0.15) is 12.3 Å². The van der Waals surface area contributed by atoms with Crippen molar-refractivity contribution in [3.8, 4) is 0 Å². The zero-order valence-electron chi connectivity index (χ0n) is 22.6. The lowest BCUT2D eigenvalue weighted by molar-refractivity contribution is -0.924. The number of hydrogen-bond acceptors (Lipinski definition) is 5. The molecule has 1 aliphatic heterocycles. The molecular formula is C27H34ClF3N3O5S+. The average Bonchev–Trinajstić information content (AvgIpc) is 3.16. The Morgan fingerprint density at radius 3 is 2.27 bits per heavy atom. The summed E-state index contributed by atoms with van der Waals surface area (Å²) in [6, 6.07) is 7.39. The number of nitrogens with one attached hydrogen (secondary N) is 1. The van der Waals surface area contributed by atoms with E-state index in [2.05, 4.69) is 12.4 Å². The second-order valence-electron chi connectivity index (χ2n) is 10.3. The molecule has 1 aromatic heterocycles. The smallest absolute Gasteiger partial charge is 0.475 e. The fraction of sp³-hybridized carbons (Fsp3) is 0.481. The highest BCUT2D eigenvalue weighted by molar-refractivity contribution is 7.12. The molecule has 0 bridgehead atoms. The van der Waals surface area contributed by atoms with Gasteiger partial charge in [0, 0.05) is 48.0 Å². The molecular weight excluding hydrogens is 571 g/mol. The number of carboxylic acid groups (broad SMARTS) is 1. The molecule has 220 valence electrons. The van der Waals surface area contributed by atoms with E-state index in [0.717, 1.165) is 57.8 Å². The average molecular weight is 605 g/mol. The number of ketones is 1. The summed E-state index contributed by atoms with van der Waals surface area (Å²) in [5.74, 6) is -3.08. The molecule has 0 saturated heterocycles. The largest absolute Gasteiger partial charge is 0.490 e. The van der Waals surface area contributed by atoms with Crippen LogP contribution < -0.4 is 11.1 Å². The molecule has 1 unspecified atom stereocenters. The van der Waals surface area contributed by atoms with Gasteiger partial charge < -0.3 is 20.6 Å². The fourth-order valence-electron chi connectivity index (χ4n) is 4.46. The predicted molar refractivity (Wildman–Crippen MR) is 146 cm³/mol. The minimum Gasteiger partial charge on any atom is -0.475 e. The van der Waals surface area contributed by atoms with Crippen LogP contribution in [-0.4, -0.2) is 65.5 Å². The van der Waals surface area contributed by atoms with Crippen molar-refractivity contribution in [3.05, 3.63) is 55.7 Å². The van der Waals surface area contributed by atoms with E-state index in [-0.39, 0.29) is 24.2 Å². The highest BCUT2D eigenvalue weighted by atomic mass is 35.5. The third kappa shape index (κ3) is 10.2. The van der Waals surface area contributed by atoms with Crippen molar-refractivity contribution in [1.82, 2.24) is 5.32 Å². The van der Waals surface area contributed by atoms with E-state index in [1.165, 1.54) is 0 Å². The Hall–Kier alpha value is -2.96. The Morgan fingerprint density at radius 2 is 1.75 bits per heavy atom. The summed E-state index contributed by atoms with van der Waals surface area (Å²) in [6.45, 7) is 6.48. The number of hydrogen-bond donors (Lipinski definition) is 3. The van der Waals surface area contributed by atoms with Gasteiger partial charge >= 0.3 is 12.1 Å². The summed E-state index contributed by atoms with van der Waals surface area (Å²) in [6.07, 6.45) is -2.50. The van der Waals surface area contributed by atoms with Crippen molar-refractivity contribution in [2.75, 3.05) is 20.1 Å². The summed E-state index contributed by atoms with van der Waals surface area (Å²) >= 11 is 7.47. The van der Waals surface area contributed by atoms with Gasteiger partial charge in [-0.1, -0.05) is 23.7 Å². The standard InChI is InChI=1S/C25H32ClN3O3S.C2HF3O2/c1-16(2)28-23(31)5-4-11-29(3)12-10-20-22(15-29)33-21(24(20)25(27)32)14-19(30)13-17-6-8-18(26)9-7-17;3-2(4,5)1(6)7/h6-9,16H,4-5,10-15H2,1-3H3,(H2-,27,28,31,32);(H,6,7)/p+1. The van der Waals surface area contributed by atoms with E-state index in [4.69, 9.17) is 27.2 Å². The van der Waals surface area contributed by atoms with E-state index < -0.39 is 18.1 Å². The van der Waals surface area contributed by atoms with Crippen LogP contribution >= 0.6 is 22.9 Å². The zero-order chi connectivity index (χ0) is 30.3. The Balaban J connectivity index is 0.000000708. The lowest BCUT2D eigenvalue weighted by Gasteiger charge is -2.37. The number of amides is 2. The molecule has 4 N–H and O–H groups in total. The molecule has 1 aromatic carbocycles. The number of thiophene rings is 1. The van der Waals surface area contributed by atoms with Gasteiger partial charge in [-0.15, -0.1) is 11.3 Å². The monoisotopic (exact) mass is 604 g/mol. The molecule has 2 aromatic rings. The molecule has 1 aliphatic rings. The number of halogens is 4. The first kappa shape index (κ1) is 33.2. The second kappa shape index (κ2) is 14.1.